The Morgan fingerprint density at radius 2 is 1.96 bits per heavy atom. The third-order valence-electron chi connectivity index (χ3n) is 4.88. The summed E-state index contributed by atoms with van der Waals surface area (Å²) in [5.74, 6) is -0.876. The Hall–Kier alpha value is -2.16. The average molecular weight is 393 g/mol. The number of carboxylic acid groups (broad SMARTS) is 1. The predicted molar refractivity (Wildman–Crippen MR) is 107 cm³/mol. The van der Waals surface area contributed by atoms with Crippen LogP contribution in [0.25, 0.3) is 0 Å². The van der Waals surface area contributed by atoms with Gasteiger partial charge in [0.2, 0.25) is 0 Å². The number of benzene rings is 1. The van der Waals surface area contributed by atoms with Gasteiger partial charge in [0.1, 0.15) is 0 Å². The molecule has 1 aliphatic heterocycles. The predicted octanol–water partition coefficient (Wildman–Crippen LogP) is 1.02. The summed E-state index contributed by atoms with van der Waals surface area (Å²) in [6, 6.07) is 8.31. The van der Waals surface area contributed by atoms with Crippen molar-refractivity contribution in [3.8, 4) is 0 Å². The number of carboxylic acids is 1. The van der Waals surface area contributed by atoms with Gasteiger partial charge in [-0.15, -0.1) is 0 Å². The lowest BCUT2D eigenvalue weighted by molar-refractivity contribution is -0.138. The second-order valence-corrected chi connectivity index (χ2v) is 7.61. The van der Waals surface area contributed by atoms with Crippen molar-refractivity contribution in [3.63, 3.8) is 0 Å². The molecule has 2 N–H and O–H groups in total. The first-order chi connectivity index (χ1) is 13.3. The topological polar surface area (TPSA) is 85.4 Å². The number of hydrogen-bond acceptors (Lipinski definition) is 5. The van der Waals surface area contributed by atoms with E-state index >= 15 is 0 Å². The molecule has 1 aliphatic rings. The van der Waals surface area contributed by atoms with Gasteiger partial charge >= 0.3 is 12.0 Å². The van der Waals surface area contributed by atoms with E-state index in [4.69, 9.17) is 9.84 Å². The molecule has 0 bridgehead atoms. The lowest BCUT2D eigenvalue weighted by Crippen LogP contribution is -2.53. The van der Waals surface area contributed by atoms with Crippen molar-refractivity contribution in [2.75, 3.05) is 60.5 Å². The van der Waals surface area contributed by atoms with Crippen LogP contribution in [-0.4, -0.2) is 98.4 Å². The summed E-state index contributed by atoms with van der Waals surface area (Å²) >= 11 is 0. The van der Waals surface area contributed by atoms with Crippen molar-refractivity contribution in [1.29, 1.82) is 0 Å². The number of aliphatic carboxylic acids is 1. The maximum atomic E-state index is 12.7. The van der Waals surface area contributed by atoms with Gasteiger partial charge in [0.05, 0.1) is 25.3 Å². The van der Waals surface area contributed by atoms with Crippen LogP contribution in [0.2, 0.25) is 0 Å². The largest absolute Gasteiger partial charge is 0.480 e. The minimum atomic E-state index is -0.876. The molecule has 2 rings (SSSR count). The average Bonchev–Trinajstić information content (AvgIpc) is 2.62. The van der Waals surface area contributed by atoms with Crippen LogP contribution in [0.15, 0.2) is 24.3 Å². The number of nitrogens with one attached hydrogen (secondary N) is 1. The number of carbonyl (C=O) groups excluding carboxylic acids is 1. The molecule has 0 radical (unpaired) electrons. The summed E-state index contributed by atoms with van der Waals surface area (Å²) in [6.07, 6.45) is -0.189. The van der Waals surface area contributed by atoms with E-state index in [1.165, 1.54) is 5.56 Å². The molecule has 2 atom stereocenters. The lowest BCUT2D eigenvalue weighted by Gasteiger charge is -2.35. The standard InChI is InChI=1S/C20H32N4O4/c1-15-5-7-16(8-6-15)18(22(2)3)11-21-20(27)24-9-10-28-17(13-24)12-23(4)14-19(25)26/h5-8,17-18H,9-14H2,1-4H3,(H,21,27)(H,25,26). The summed E-state index contributed by atoms with van der Waals surface area (Å²) < 4.78 is 5.69. The van der Waals surface area contributed by atoms with E-state index in [1.807, 2.05) is 14.1 Å². The number of morpholine rings is 1. The molecule has 1 heterocycles. The Labute approximate surface area is 167 Å². The Balaban J connectivity index is 1.88. The minimum Gasteiger partial charge on any atom is -0.480 e. The van der Waals surface area contributed by atoms with Crippen LogP contribution in [0.3, 0.4) is 0 Å². The quantitative estimate of drug-likeness (QED) is 0.687. The fraction of sp³-hybridized carbons (Fsp3) is 0.600. The van der Waals surface area contributed by atoms with Crippen molar-refractivity contribution in [1.82, 2.24) is 20.0 Å². The molecule has 0 aliphatic carbocycles. The van der Waals surface area contributed by atoms with Gasteiger partial charge in [-0.2, -0.15) is 0 Å². The third kappa shape index (κ3) is 6.78. The summed E-state index contributed by atoms with van der Waals surface area (Å²) in [5, 5.41) is 11.9. The molecule has 8 heteroatoms. The second kappa shape index (κ2) is 10.4. The first-order valence-corrected chi connectivity index (χ1v) is 9.54. The van der Waals surface area contributed by atoms with Gasteiger partial charge in [0.25, 0.3) is 0 Å². The normalized spacial score (nSPS) is 18.4. The number of carbonyl (C=O) groups is 2. The van der Waals surface area contributed by atoms with Crippen LogP contribution < -0.4 is 5.32 Å². The first kappa shape index (κ1) is 22.1. The van der Waals surface area contributed by atoms with Gasteiger partial charge in [-0.25, -0.2) is 4.79 Å². The number of hydrogen-bond donors (Lipinski definition) is 2. The van der Waals surface area contributed by atoms with Gasteiger partial charge in [0, 0.05) is 26.2 Å². The number of ether oxygens (including phenoxy) is 1. The number of urea groups is 1. The van der Waals surface area contributed by atoms with E-state index in [1.54, 1.807) is 16.8 Å². The van der Waals surface area contributed by atoms with E-state index in [0.717, 1.165) is 5.56 Å². The Morgan fingerprint density at radius 3 is 2.57 bits per heavy atom. The van der Waals surface area contributed by atoms with Crippen molar-refractivity contribution in [2.45, 2.75) is 19.1 Å². The fourth-order valence-corrected chi connectivity index (χ4v) is 3.34. The first-order valence-electron chi connectivity index (χ1n) is 9.54. The van der Waals surface area contributed by atoms with Gasteiger partial charge in [-0.1, -0.05) is 29.8 Å². The van der Waals surface area contributed by atoms with Crippen LogP contribution in [0.4, 0.5) is 4.79 Å². The maximum absolute atomic E-state index is 12.7. The van der Waals surface area contributed by atoms with Crippen molar-refractivity contribution >= 4 is 12.0 Å². The molecular formula is C20H32N4O4. The molecule has 0 spiro atoms. The number of amides is 2. The smallest absolute Gasteiger partial charge is 0.317 e. The molecule has 156 valence electrons. The Bertz CT molecular complexity index is 650. The van der Waals surface area contributed by atoms with Crippen LogP contribution >= 0.6 is 0 Å². The fourth-order valence-electron chi connectivity index (χ4n) is 3.34. The van der Waals surface area contributed by atoms with Crippen LogP contribution in [-0.2, 0) is 9.53 Å². The van der Waals surface area contributed by atoms with E-state index < -0.39 is 5.97 Å². The van der Waals surface area contributed by atoms with Crippen LogP contribution in [0.1, 0.15) is 17.2 Å². The summed E-state index contributed by atoms with van der Waals surface area (Å²) in [6.45, 7) is 4.42. The third-order valence-corrected chi connectivity index (χ3v) is 4.88. The molecule has 1 saturated heterocycles. The zero-order valence-electron chi connectivity index (χ0n) is 17.2. The van der Waals surface area contributed by atoms with Crippen molar-refractivity contribution in [2.24, 2.45) is 0 Å². The van der Waals surface area contributed by atoms with Crippen molar-refractivity contribution in [3.05, 3.63) is 35.4 Å². The molecule has 1 fully saturated rings. The maximum Gasteiger partial charge on any atom is 0.317 e. The minimum absolute atomic E-state index is 0.0485. The monoisotopic (exact) mass is 392 g/mol. The van der Waals surface area contributed by atoms with Gasteiger partial charge < -0.3 is 25.0 Å². The Kier molecular flexibility index (Phi) is 8.22. The molecule has 1 aromatic carbocycles. The highest BCUT2D eigenvalue weighted by atomic mass is 16.5. The highest BCUT2D eigenvalue weighted by Gasteiger charge is 2.26. The summed E-state index contributed by atoms with van der Waals surface area (Å²) in [4.78, 5) is 29.0. The van der Waals surface area contributed by atoms with E-state index in [-0.39, 0.29) is 24.7 Å². The van der Waals surface area contributed by atoms with E-state index in [9.17, 15) is 9.59 Å². The van der Waals surface area contributed by atoms with Gasteiger partial charge in [-0.3, -0.25) is 9.69 Å². The van der Waals surface area contributed by atoms with Crippen LogP contribution in [0.5, 0.6) is 0 Å². The second-order valence-electron chi connectivity index (χ2n) is 7.61. The van der Waals surface area contributed by atoms with E-state index in [2.05, 4.69) is 41.4 Å². The molecule has 8 nitrogen and oxygen atoms in total. The van der Waals surface area contributed by atoms with E-state index in [0.29, 0.717) is 32.8 Å². The number of aryl methyl sites for hydroxylation is 1. The van der Waals surface area contributed by atoms with Gasteiger partial charge in [0.15, 0.2) is 0 Å². The lowest BCUT2D eigenvalue weighted by atomic mass is 10.0. The summed E-state index contributed by atoms with van der Waals surface area (Å²) in [5.41, 5.74) is 2.36. The van der Waals surface area contributed by atoms with Gasteiger partial charge in [-0.05, 0) is 33.6 Å². The highest BCUT2D eigenvalue weighted by Crippen LogP contribution is 2.18. The Morgan fingerprint density at radius 1 is 1.29 bits per heavy atom. The number of likely N-dealkylation sites (N-methyl/N-ethyl adjacent to an activating group) is 2. The zero-order valence-corrected chi connectivity index (χ0v) is 17.2. The molecule has 0 aromatic heterocycles. The van der Waals surface area contributed by atoms with Crippen molar-refractivity contribution < 1.29 is 19.4 Å². The number of rotatable bonds is 8. The molecule has 1 aromatic rings. The molecule has 28 heavy (non-hydrogen) atoms. The number of nitrogens with zero attached hydrogens (tertiary/aromatic N) is 3. The molecule has 2 amide bonds. The zero-order chi connectivity index (χ0) is 20.7. The molecule has 0 saturated carbocycles. The highest BCUT2D eigenvalue weighted by molar-refractivity contribution is 5.74. The molecule has 2 unspecified atom stereocenters. The summed E-state index contributed by atoms with van der Waals surface area (Å²) in [7, 11) is 5.74. The molecular weight excluding hydrogens is 360 g/mol. The van der Waals surface area contributed by atoms with Crippen LogP contribution in [0, 0.1) is 6.92 Å². The SMILES string of the molecule is Cc1ccc(C(CNC(=O)N2CCOC(CN(C)CC(=O)O)C2)N(C)C)cc1.